The highest BCUT2D eigenvalue weighted by Gasteiger charge is 2.21. The molecule has 0 unspecified atom stereocenters. The van der Waals surface area contributed by atoms with Crippen LogP contribution in [0.15, 0.2) is 46.1 Å². The SMILES string of the molecule is CCOC(=O)c1sc(NC(=O)c2cn(Cc3c(F)cccc3Cl)c3ccc(=O)[nH]c3c2=O)nc1C. The van der Waals surface area contributed by atoms with Crippen LogP contribution in [0.5, 0.6) is 0 Å². The number of thiazole rings is 1. The van der Waals surface area contributed by atoms with E-state index < -0.39 is 28.7 Å². The van der Waals surface area contributed by atoms with E-state index in [2.05, 4.69) is 15.3 Å². The van der Waals surface area contributed by atoms with Crippen LogP contribution < -0.4 is 16.3 Å². The van der Waals surface area contributed by atoms with Gasteiger partial charge < -0.3 is 14.3 Å². The minimum Gasteiger partial charge on any atom is -0.462 e. The molecule has 12 heteroatoms. The number of H-pyrrole nitrogens is 1. The van der Waals surface area contributed by atoms with Crippen LogP contribution in [-0.4, -0.2) is 33.0 Å². The second kappa shape index (κ2) is 9.80. The molecule has 3 heterocycles. The smallest absolute Gasteiger partial charge is 0.350 e. The first-order valence-corrected chi connectivity index (χ1v) is 11.5. The Morgan fingerprint density at radius 3 is 2.74 bits per heavy atom. The van der Waals surface area contributed by atoms with E-state index in [0.29, 0.717) is 5.69 Å². The van der Waals surface area contributed by atoms with Gasteiger partial charge in [-0.25, -0.2) is 14.2 Å². The molecule has 9 nitrogen and oxygen atoms in total. The van der Waals surface area contributed by atoms with Gasteiger partial charge in [-0.2, -0.15) is 0 Å². The number of nitrogens with zero attached hydrogens (tertiary/aromatic N) is 2. The summed E-state index contributed by atoms with van der Waals surface area (Å²) in [6.45, 7) is 3.32. The Kier molecular flexibility index (Phi) is 6.81. The molecule has 2 N–H and O–H groups in total. The molecule has 3 aromatic heterocycles. The maximum absolute atomic E-state index is 14.4. The molecule has 1 amide bonds. The van der Waals surface area contributed by atoms with Crippen LogP contribution in [-0.2, 0) is 11.3 Å². The number of hydrogen-bond acceptors (Lipinski definition) is 7. The third kappa shape index (κ3) is 4.86. The van der Waals surface area contributed by atoms with Gasteiger partial charge in [-0.15, -0.1) is 0 Å². The van der Waals surface area contributed by atoms with E-state index in [-0.39, 0.29) is 50.3 Å². The van der Waals surface area contributed by atoms with Gasteiger partial charge in [0.2, 0.25) is 11.0 Å². The van der Waals surface area contributed by atoms with E-state index in [1.807, 2.05) is 0 Å². The van der Waals surface area contributed by atoms with Crippen molar-refractivity contribution in [3.05, 3.63) is 89.6 Å². The number of benzene rings is 1. The molecule has 35 heavy (non-hydrogen) atoms. The van der Waals surface area contributed by atoms with Crippen molar-refractivity contribution in [2.24, 2.45) is 0 Å². The lowest BCUT2D eigenvalue weighted by Gasteiger charge is -2.14. The third-order valence-corrected chi connectivity index (χ3v) is 6.48. The molecule has 0 saturated carbocycles. The number of halogens is 2. The molecule has 4 rings (SSSR count). The average Bonchev–Trinajstić information content (AvgIpc) is 3.17. The summed E-state index contributed by atoms with van der Waals surface area (Å²) in [5.41, 5.74) is -0.940. The van der Waals surface area contributed by atoms with Gasteiger partial charge in [-0.1, -0.05) is 29.0 Å². The summed E-state index contributed by atoms with van der Waals surface area (Å²) in [6.07, 6.45) is 1.26. The lowest BCUT2D eigenvalue weighted by Crippen LogP contribution is -2.26. The zero-order valence-corrected chi connectivity index (χ0v) is 20.1. The van der Waals surface area contributed by atoms with Gasteiger partial charge in [0.25, 0.3) is 5.91 Å². The van der Waals surface area contributed by atoms with Crippen LogP contribution in [0.4, 0.5) is 9.52 Å². The summed E-state index contributed by atoms with van der Waals surface area (Å²) in [5.74, 6) is -1.96. The number of ether oxygens (including phenoxy) is 1. The van der Waals surface area contributed by atoms with Gasteiger partial charge in [0.1, 0.15) is 21.8 Å². The minimum absolute atomic E-state index is 0.0836. The average molecular weight is 517 g/mol. The monoisotopic (exact) mass is 516 g/mol. The molecular weight excluding hydrogens is 499 g/mol. The highest BCUT2D eigenvalue weighted by atomic mass is 35.5. The summed E-state index contributed by atoms with van der Waals surface area (Å²) >= 11 is 7.07. The van der Waals surface area contributed by atoms with Crippen molar-refractivity contribution in [3.63, 3.8) is 0 Å². The van der Waals surface area contributed by atoms with Gasteiger partial charge >= 0.3 is 5.97 Å². The normalized spacial score (nSPS) is 11.0. The van der Waals surface area contributed by atoms with Crippen molar-refractivity contribution in [3.8, 4) is 0 Å². The number of pyridine rings is 2. The Morgan fingerprint density at radius 1 is 1.26 bits per heavy atom. The zero-order valence-electron chi connectivity index (χ0n) is 18.5. The van der Waals surface area contributed by atoms with E-state index >= 15 is 0 Å². The van der Waals surface area contributed by atoms with E-state index in [9.17, 15) is 23.6 Å². The first-order valence-electron chi connectivity index (χ1n) is 10.3. The molecule has 4 aromatic rings. The summed E-state index contributed by atoms with van der Waals surface area (Å²) in [4.78, 5) is 56.9. The van der Waals surface area contributed by atoms with Crippen LogP contribution in [0, 0.1) is 12.7 Å². The van der Waals surface area contributed by atoms with E-state index in [0.717, 1.165) is 11.3 Å². The molecule has 0 saturated heterocycles. The minimum atomic E-state index is -0.820. The van der Waals surface area contributed by atoms with Crippen molar-refractivity contribution in [1.29, 1.82) is 0 Å². The molecule has 0 bridgehead atoms. The van der Waals surface area contributed by atoms with Gasteiger partial charge in [0, 0.05) is 22.8 Å². The molecule has 1 aromatic carbocycles. The number of aromatic nitrogens is 3. The predicted octanol–water partition coefficient (Wildman–Crippen LogP) is 3.72. The molecule has 0 fully saturated rings. The van der Waals surface area contributed by atoms with Gasteiger partial charge in [-0.3, -0.25) is 19.7 Å². The van der Waals surface area contributed by atoms with Crippen molar-refractivity contribution in [1.82, 2.24) is 14.5 Å². The van der Waals surface area contributed by atoms with Crippen molar-refractivity contribution in [2.45, 2.75) is 20.4 Å². The Balaban J connectivity index is 1.78. The number of fused-ring (bicyclic) bond motifs is 1. The second-order valence-corrected chi connectivity index (χ2v) is 8.80. The lowest BCUT2D eigenvalue weighted by molar-refractivity contribution is 0.0531. The number of anilines is 1. The van der Waals surface area contributed by atoms with Crippen molar-refractivity contribution < 1.29 is 18.7 Å². The first-order chi connectivity index (χ1) is 16.7. The topological polar surface area (TPSA) is 123 Å². The first kappa shape index (κ1) is 24.3. The van der Waals surface area contributed by atoms with Gasteiger partial charge in [-0.05, 0) is 32.0 Å². The Bertz CT molecular complexity index is 1570. The molecule has 0 spiro atoms. The summed E-state index contributed by atoms with van der Waals surface area (Å²) < 4.78 is 20.9. The summed E-state index contributed by atoms with van der Waals surface area (Å²) in [7, 11) is 0. The number of nitrogens with one attached hydrogen (secondary N) is 2. The Labute approximate surface area is 206 Å². The lowest BCUT2D eigenvalue weighted by atomic mass is 10.1. The molecular formula is C23H18ClFN4O5S. The summed E-state index contributed by atoms with van der Waals surface area (Å²) in [6, 6.07) is 6.85. The number of aromatic amines is 1. The molecule has 180 valence electrons. The van der Waals surface area contributed by atoms with Crippen LogP contribution in [0.1, 0.15) is 38.2 Å². The van der Waals surface area contributed by atoms with E-state index in [1.54, 1.807) is 13.8 Å². The maximum Gasteiger partial charge on any atom is 0.350 e. The zero-order chi connectivity index (χ0) is 25.3. The number of carbonyl (C=O) groups excluding carboxylic acids is 2. The second-order valence-electron chi connectivity index (χ2n) is 7.39. The third-order valence-electron chi connectivity index (χ3n) is 5.08. The van der Waals surface area contributed by atoms with E-state index in [1.165, 1.54) is 41.1 Å². The standard InChI is InChI=1S/C23H18ClFN4O5S/c1-3-34-22(33)20-11(2)26-23(35-20)28-21(32)13-10-29(9-12-14(24)5-4-6-15(12)25)16-7-8-17(30)27-18(16)19(13)31/h4-8,10H,3,9H2,1-2H3,(H,27,30)(H,26,28,32). The quantitative estimate of drug-likeness (QED) is 0.376. The number of rotatable bonds is 6. The predicted molar refractivity (Wildman–Crippen MR) is 130 cm³/mol. The molecule has 0 aliphatic heterocycles. The highest BCUT2D eigenvalue weighted by molar-refractivity contribution is 7.17. The number of carbonyl (C=O) groups is 2. The highest BCUT2D eigenvalue weighted by Crippen LogP contribution is 2.25. The van der Waals surface area contributed by atoms with Crippen LogP contribution in [0.2, 0.25) is 5.02 Å². The van der Waals surface area contributed by atoms with Crippen molar-refractivity contribution >= 4 is 51.0 Å². The Hall–Kier alpha value is -3.83. The van der Waals surface area contributed by atoms with Crippen LogP contribution in [0.25, 0.3) is 11.0 Å². The number of aryl methyl sites for hydroxylation is 1. The molecule has 0 radical (unpaired) electrons. The van der Waals surface area contributed by atoms with Crippen LogP contribution in [0.3, 0.4) is 0 Å². The fourth-order valence-corrected chi connectivity index (χ4v) is 4.52. The fourth-order valence-electron chi connectivity index (χ4n) is 3.44. The fraction of sp³-hybridized carbons (Fsp3) is 0.174. The number of hydrogen-bond donors (Lipinski definition) is 2. The van der Waals surface area contributed by atoms with Crippen molar-refractivity contribution in [2.75, 3.05) is 11.9 Å². The van der Waals surface area contributed by atoms with Crippen LogP contribution >= 0.6 is 22.9 Å². The number of amides is 1. The maximum atomic E-state index is 14.4. The van der Waals surface area contributed by atoms with E-state index in [4.69, 9.17) is 16.3 Å². The molecule has 0 aliphatic rings. The van der Waals surface area contributed by atoms with Gasteiger partial charge in [0.05, 0.1) is 24.4 Å². The largest absolute Gasteiger partial charge is 0.462 e. The molecule has 0 aliphatic carbocycles. The number of esters is 1. The van der Waals surface area contributed by atoms with Gasteiger partial charge in [0.15, 0.2) is 5.13 Å². The summed E-state index contributed by atoms with van der Waals surface area (Å²) in [5, 5.41) is 2.75. The molecule has 0 atom stereocenters. The Morgan fingerprint density at radius 2 is 2.03 bits per heavy atom.